The highest BCUT2D eigenvalue weighted by Crippen LogP contribution is 2.21. The van der Waals surface area contributed by atoms with Gasteiger partial charge < -0.3 is 10.2 Å². The van der Waals surface area contributed by atoms with Gasteiger partial charge in [0.1, 0.15) is 18.0 Å². The van der Waals surface area contributed by atoms with Gasteiger partial charge in [-0.25, -0.2) is 9.97 Å². The van der Waals surface area contributed by atoms with Crippen LogP contribution in [-0.2, 0) is 20.1 Å². The van der Waals surface area contributed by atoms with Crippen molar-refractivity contribution in [2.75, 3.05) is 19.0 Å². The quantitative estimate of drug-likeness (QED) is 0.747. The van der Waals surface area contributed by atoms with Crippen LogP contribution in [-0.4, -0.2) is 38.4 Å². The van der Waals surface area contributed by atoms with E-state index in [9.17, 15) is 0 Å². The molecule has 0 aromatic carbocycles. The lowest BCUT2D eigenvalue weighted by molar-refractivity contribution is 0.686. The first-order chi connectivity index (χ1) is 11.6. The number of pyridine rings is 1. The first-order valence-electron chi connectivity index (χ1n) is 7.90. The maximum Gasteiger partial charge on any atom is 0.137 e. The summed E-state index contributed by atoms with van der Waals surface area (Å²) < 4.78 is 3.81. The highest BCUT2D eigenvalue weighted by atomic mass is 15.4. The number of aryl methyl sites for hydroxylation is 2. The van der Waals surface area contributed by atoms with Gasteiger partial charge in [0.15, 0.2) is 0 Å². The van der Waals surface area contributed by atoms with E-state index in [0.29, 0.717) is 0 Å². The molecule has 0 radical (unpaired) electrons. The summed E-state index contributed by atoms with van der Waals surface area (Å²) >= 11 is 0. The van der Waals surface area contributed by atoms with E-state index in [1.807, 2.05) is 55.8 Å². The predicted octanol–water partition coefficient (Wildman–Crippen LogP) is 1.67. The molecule has 7 heteroatoms. The van der Waals surface area contributed by atoms with Crippen LogP contribution < -0.4 is 10.2 Å². The van der Waals surface area contributed by atoms with Crippen LogP contribution in [0.3, 0.4) is 0 Å². The molecule has 0 atom stereocenters. The molecular weight excluding hydrogens is 302 g/mol. The largest absolute Gasteiger partial charge is 0.363 e. The Morgan fingerprint density at radius 1 is 1.21 bits per heavy atom. The summed E-state index contributed by atoms with van der Waals surface area (Å²) in [5.41, 5.74) is 3.43. The molecule has 3 heterocycles. The van der Waals surface area contributed by atoms with Crippen LogP contribution in [0.1, 0.15) is 16.8 Å². The summed E-state index contributed by atoms with van der Waals surface area (Å²) in [5, 5.41) is 7.99. The Hall–Kier alpha value is -2.67. The molecule has 1 N–H and O–H groups in total. The van der Waals surface area contributed by atoms with Gasteiger partial charge in [0.2, 0.25) is 0 Å². The average Bonchev–Trinajstić information content (AvgIpc) is 3.16. The number of imidazole rings is 1. The zero-order chi connectivity index (χ0) is 17.1. The Kier molecular flexibility index (Phi) is 4.61. The van der Waals surface area contributed by atoms with Crippen LogP contribution in [0.4, 0.5) is 5.82 Å². The van der Waals surface area contributed by atoms with E-state index in [0.717, 1.165) is 36.0 Å². The van der Waals surface area contributed by atoms with E-state index in [1.165, 1.54) is 5.56 Å². The number of rotatable bonds is 6. The Bertz CT molecular complexity index is 785. The number of anilines is 1. The van der Waals surface area contributed by atoms with Crippen molar-refractivity contribution in [1.29, 1.82) is 0 Å². The molecule has 3 rings (SSSR count). The van der Waals surface area contributed by atoms with E-state index in [-0.39, 0.29) is 0 Å². The lowest BCUT2D eigenvalue weighted by Crippen LogP contribution is -2.19. The topological polar surface area (TPSA) is 63.8 Å². The normalized spacial score (nSPS) is 11.0. The maximum atomic E-state index is 4.51. The van der Waals surface area contributed by atoms with Gasteiger partial charge in [-0.2, -0.15) is 5.10 Å². The number of nitrogens with one attached hydrogen (secondary N) is 1. The smallest absolute Gasteiger partial charge is 0.137 e. The van der Waals surface area contributed by atoms with E-state index in [4.69, 9.17) is 0 Å². The van der Waals surface area contributed by atoms with Crippen LogP contribution >= 0.6 is 0 Å². The molecule has 126 valence electrons. The maximum absolute atomic E-state index is 4.51. The van der Waals surface area contributed by atoms with Crippen LogP contribution in [0.5, 0.6) is 0 Å². The molecule has 0 saturated carbocycles. The average molecular weight is 325 g/mol. The SMILES string of the molecule is Cc1nn(C)c(N(C)C)c1CNCc1ccc(-n2ccnc2)nc1. The summed E-state index contributed by atoms with van der Waals surface area (Å²) in [6, 6.07) is 4.08. The number of hydrogen-bond acceptors (Lipinski definition) is 5. The first-order valence-corrected chi connectivity index (χ1v) is 7.90. The van der Waals surface area contributed by atoms with Gasteiger partial charge in [-0.1, -0.05) is 6.07 Å². The molecule has 0 aliphatic rings. The van der Waals surface area contributed by atoms with Gasteiger partial charge in [-0.3, -0.25) is 9.25 Å². The second-order valence-corrected chi connectivity index (χ2v) is 6.00. The standard InChI is InChI=1S/C17H23N7/c1-13-15(17(22(2)3)23(4)21-13)11-19-9-14-5-6-16(20-10-14)24-8-7-18-12-24/h5-8,10,12,19H,9,11H2,1-4H3. The number of nitrogens with zero attached hydrogens (tertiary/aromatic N) is 6. The molecule has 0 fully saturated rings. The molecular formula is C17H23N7. The van der Waals surface area contributed by atoms with Gasteiger partial charge in [-0.15, -0.1) is 0 Å². The molecule has 7 nitrogen and oxygen atoms in total. The molecule has 0 unspecified atom stereocenters. The fourth-order valence-electron chi connectivity index (χ4n) is 2.86. The third-order valence-electron chi connectivity index (χ3n) is 3.95. The lowest BCUT2D eigenvalue weighted by Gasteiger charge is -2.15. The van der Waals surface area contributed by atoms with Crippen LogP contribution in [0.25, 0.3) is 5.82 Å². The minimum atomic E-state index is 0.762. The van der Waals surface area contributed by atoms with Crippen molar-refractivity contribution in [2.24, 2.45) is 7.05 Å². The summed E-state index contributed by atoms with van der Waals surface area (Å²) in [7, 11) is 6.06. The molecule has 0 bridgehead atoms. The van der Waals surface area contributed by atoms with Crippen LogP contribution in [0, 0.1) is 6.92 Å². The van der Waals surface area contributed by atoms with Crippen LogP contribution in [0.2, 0.25) is 0 Å². The van der Waals surface area contributed by atoms with Crippen LogP contribution in [0.15, 0.2) is 37.1 Å². The van der Waals surface area contributed by atoms with Crippen molar-refractivity contribution in [3.8, 4) is 5.82 Å². The molecule has 0 saturated heterocycles. The van der Waals surface area contributed by atoms with Gasteiger partial charge in [0.25, 0.3) is 0 Å². The molecule has 0 aliphatic heterocycles. The Labute approximate surface area is 142 Å². The summed E-state index contributed by atoms with van der Waals surface area (Å²) in [6.07, 6.45) is 7.27. The monoisotopic (exact) mass is 325 g/mol. The zero-order valence-electron chi connectivity index (χ0n) is 14.6. The van der Waals surface area contributed by atoms with E-state index in [2.05, 4.69) is 31.3 Å². The van der Waals surface area contributed by atoms with Crippen molar-refractivity contribution in [2.45, 2.75) is 20.0 Å². The van der Waals surface area contributed by atoms with Gasteiger partial charge in [0.05, 0.1) is 5.69 Å². The molecule has 24 heavy (non-hydrogen) atoms. The Morgan fingerprint density at radius 2 is 2.04 bits per heavy atom. The third-order valence-corrected chi connectivity index (χ3v) is 3.95. The van der Waals surface area contributed by atoms with Crippen molar-refractivity contribution in [3.05, 3.63) is 53.9 Å². The second kappa shape index (κ2) is 6.84. The molecule has 0 spiro atoms. The van der Waals surface area contributed by atoms with Gasteiger partial charge in [0, 0.05) is 58.4 Å². The molecule has 0 amide bonds. The fourth-order valence-corrected chi connectivity index (χ4v) is 2.86. The third kappa shape index (κ3) is 3.30. The zero-order valence-corrected chi connectivity index (χ0v) is 14.6. The fraction of sp³-hybridized carbons (Fsp3) is 0.353. The van der Waals surface area contributed by atoms with Gasteiger partial charge in [-0.05, 0) is 18.6 Å². The Morgan fingerprint density at radius 3 is 2.67 bits per heavy atom. The summed E-state index contributed by atoms with van der Waals surface area (Å²) in [6.45, 7) is 3.58. The number of aromatic nitrogens is 5. The van der Waals surface area contributed by atoms with Crippen molar-refractivity contribution in [3.63, 3.8) is 0 Å². The van der Waals surface area contributed by atoms with E-state index in [1.54, 1.807) is 12.5 Å². The Balaban J connectivity index is 1.63. The summed E-state index contributed by atoms with van der Waals surface area (Å²) in [4.78, 5) is 10.6. The minimum absolute atomic E-state index is 0.762. The van der Waals surface area contributed by atoms with Crippen molar-refractivity contribution >= 4 is 5.82 Å². The molecule has 0 aliphatic carbocycles. The minimum Gasteiger partial charge on any atom is -0.363 e. The first kappa shape index (κ1) is 16.2. The van der Waals surface area contributed by atoms with Crippen molar-refractivity contribution < 1.29 is 0 Å². The predicted molar refractivity (Wildman–Crippen MR) is 94.2 cm³/mol. The summed E-state index contributed by atoms with van der Waals surface area (Å²) in [5.74, 6) is 2.00. The van der Waals surface area contributed by atoms with Crippen molar-refractivity contribution in [1.82, 2.24) is 29.6 Å². The highest BCUT2D eigenvalue weighted by molar-refractivity contribution is 5.48. The van der Waals surface area contributed by atoms with Gasteiger partial charge >= 0.3 is 0 Å². The second-order valence-electron chi connectivity index (χ2n) is 6.00. The highest BCUT2D eigenvalue weighted by Gasteiger charge is 2.14. The lowest BCUT2D eigenvalue weighted by atomic mass is 10.2. The van der Waals surface area contributed by atoms with E-state index >= 15 is 0 Å². The molecule has 3 aromatic heterocycles. The number of hydrogen-bond donors (Lipinski definition) is 1. The van der Waals surface area contributed by atoms with E-state index < -0.39 is 0 Å². The molecule has 3 aromatic rings.